The van der Waals surface area contributed by atoms with Gasteiger partial charge in [0.15, 0.2) is 0 Å². The van der Waals surface area contributed by atoms with Crippen LogP contribution in [0.25, 0.3) is 11.8 Å². The molecule has 188 valence electrons. The summed E-state index contributed by atoms with van der Waals surface area (Å²) in [6.45, 7) is 4.82. The van der Waals surface area contributed by atoms with Gasteiger partial charge >= 0.3 is 0 Å². The van der Waals surface area contributed by atoms with Crippen LogP contribution in [0.5, 0.6) is 5.75 Å². The van der Waals surface area contributed by atoms with Crippen molar-refractivity contribution in [1.29, 1.82) is 0 Å². The van der Waals surface area contributed by atoms with Crippen LogP contribution in [0.1, 0.15) is 35.2 Å². The Morgan fingerprint density at radius 2 is 2.03 bits per heavy atom. The van der Waals surface area contributed by atoms with Crippen molar-refractivity contribution in [2.24, 2.45) is 5.92 Å². The summed E-state index contributed by atoms with van der Waals surface area (Å²) in [7, 11) is 4.32. The average molecular weight is 505 g/mol. The van der Waals surface area contributed by atoms with Crippen LogP contribution >= 0.6 is 11.6 Å². The molecule has 0 N–H and O–H groups in total. The van der Waals surface area contributed by atoms with Crippen LogP contribution < -0.4 is 10.3 Å². The van der Waals surface area contributed by atoms with Gasteiger partial charge in [-0.2, -0.15) is 0 Å². The molecule has 36 heavy (non-hydrogen) atoms. The largest absolute Gasteiger partial charge is 0.487 e. The second-order valence-corrected chi connectivity index (χ2v) is 10.6. The summed E-state index contributed by atoms with van der Waals surface area (Å²) in [5.41, 5.74) is 5.62. The number of likely N-dealkylation sites (tertiary alicyclic amines) is 1. The van der Waals surface area contributed by atoms with Crippen LogP contribution in [0, 0.1) is 5.92 Å². The van der Waals surface area contributed by atoms with Gasteiger partial charge in [-0.15, -0.1) is 0 Å². The van der Waals surface area contributed by atoms with Crippen molar-refractivity contribution in [3.63, 3.8) is 0 Å². The molecule has 2 aromatic heterocycles. The first kappa shape index (κ1) is 24.8. The first-order valence-corrected chi connectivity index (χ1v) is 13.0. The Labute approximate surface area is 217 Å². The minimum Gasteiger partial charge on any atom is -0.487 e. The molecule has 1 atom stereocenters. The number of allylic oxidation sites excluding steroid dienone is 1. The maximum Gasteiger partial charge on any atom is 0.258 e. The summed E-state index contributed by atoms with van der Waals surface area (Å²) in [5, 5.41) is 0.584. The zero-order chi connectivity index (χ0) is 25.1. The number of nitrogens with zero attached hydrogens (tertiary/aromatic N) is 4. The molecule has 3 heterocycles. The molecule has 0 bridgehead atoms. The van der Waals surface area contributed by atoms with E-state index in [-0.39, 0.29) is 12.2 Å². The lowest BCUT2D eigenvalue weighted by atomic mass is 9.93. The smallest absolute Gasteiger partial charge is 0.258 e. The van der Waals surface area contributed by atoms with Crippen molar-refractivity contribution >= 4 is 23.4 Å². The Morgan fingerprint density at radius 3 is 2.81 bits per heavy atom. The van der Waals surface area contributed by atoms with E-state index < -0.39 is 0 Å². The van der Waals surface area contributed by atoms with Gasteiger partial charge in [-0.05, 0) is 86.8 Å². The second kappa shape index (κ2) is 11.0. The summed E-state index contributed by atoms with van der Waals surface area (Å²) in [6, 6.07) is 13.8. The van der Waals surface area contributed by atoms with Crippen LogP contribution in [0.15, 0.2) is 59.7 Å². The van der Waals surface area contributed by atoms with Crippen molar-refractivity contribution in [1.82, 2.24) is 19.4 Å². The summed E-state index contributed by atoms with van der Waals surface area (Å²) in [4.78, 5) is 21.9. The van der Waals surface area contributed by atoms with Crippen LogP contribution in [-0.4, -0.2) is 53.1 Å². The van der Waals surface area contributed by atoms with Crippen molar-refractivity contribution in [2.45, 2.75) is 32.4 Å². The quantitative estimate of drug-likeness (QED) is 0.441. The molecule has 0 spiro atoms. The highest BCUT2D eigenvalue weighted by Gasteiger charge is 2.23. The van der Waals surface area contributed by atoms with Crippen LogP contribution in [-0.2, 0) is 19.6 Å². The number of hydrogen-bond donors (Lipinski definition) is 0. The SMILES string of the molecule is CN(C)C[C@H]1CCN(Cc2ccc3c(c2)CCC(n2ccc(OCc4ccc(Cl)cn4)cc2=O)=C3)C1. The predicted molar refractivity (Wildman–Crippen MR) is 145 cm³/mol. The third kappa shape index (κ3) is 6.06. The van der Waals surface area contributed by atoms with Gasteiger partial charge in [-0.25, -0.2) is 0 Å². The Bertz CT molecular complexity index is 1300. The minimum absolute atomic E-state index is 0.0933. The summed E-state index contributed by atoms with van der Waals surface area (Å²) >= 11 is 5.88. The number of hydrogen-bond acceptors (Lipinski definition) is 5. The van der Waals surface area contributed by atoms with Gasteiger partial charge in [0.2, 0.25) is 0 Å². The summed E-state index contributed by atoms with van der Waals surface area (Å²) < 4.78 is 7.48. The fourth-order valence-corrected chi connectivity index (χ4v) is 5.35. The van der Waals surface area contributed by atoms with E-state index in [0.717, 1.165) is 36.7 Å². The lowest BCUT2D eigenvalue weighted by molar-refractivity contribution is 0.286. The molecule has 1 aliphatic carbocycles. The zero-order valence-electron chi connectivity index (χ0n) is 21.0. The van der Waals surface area contributed by atoms with E-state index in [4.69, 9.17) is 16.3 Å². The van der Waals surface area contributed by atoms with Crippen molar-refractivity contribution in [3.8, 4) is 5.75 Å². The zero-order valence-corrected chi connectivity index (χ0v) is 21.7. The number of benzene rings is 1. The number of aromatic nitrogens is 2. The number of aryl methyl sites for hydroxylation is 1. The lowest BCUT2D eigenvalue weighted by Gasteiger charge is -2.21. The molecule has 5 rings (SSSR count). The molecule has 3 aromatic rings. The Balaban J connectivity index is 1.23. The summed E-state index contributed by atoms with van der Waals surface area (Å²) in [6.07, 6.45) is 8.58. The minimum atomic E-state index is -0.0933. The van der Waals surface area contributed by atoms with Crippen molar-refractivity contribution in [2.75, 3.05) is 33.7 Å². The van der Waals surface area contributed by atoms with Gasteiger partial charge in [0.05, 0.1) is 10.7 Å². The topological polar surface area (TPSA) is 50.6 Å². The molecule has 6 nitrogen and oxygen atoms in total. The molecular weight excluding hydrogens is 472 g/mol. The standard InChI is InChI=1S/C29H33ClN4O2/c1-32(2)17-22-9-11-33(19-22)18-21-3-4-24-14-27(8-5-23(24)13-21)34-12-10-28(15-29(34)35)36-20-26-7-6-25(30)16-31-26/h3-4,6-7,10,12-16,22H,5,8-9,11,17-20H2,1-2H3/t22-/m1/s1. The van der Waals surface area contributed by atoms with Crippen molar-refractivity contribution < 1.29 is 4.74 Å². The summed E-state index contributed by atoms with van der Waals surface area (Å²) in [5.74, 6) is 1.30. The number of rotatable bonds is 8. The number of halogens is 1. The predicted octanol–water partition coefficient (Wildman–Crippen LogP) is 4.80. The van der Waals surface area contributed by atoms with E-state index in [9.17, 15) is 4.79 Å². The van der Waals surface area contributed by atoms with E-state index in [1.165, 1.54) is 48.8 Å². The molecule has 1 aromatic carbocycles. The maximum atomic E-state index is 12.8. The highest BCUT2D eigenvalue weighted by Crippen LogP contribution is 2.28. The van der Waals surface area contributed by atoms with E-state index >= 15 is 0 Å². The van der Waals surface area contributed by atoms with E-state index in [1.807, 2.05) is 12.1 Å². The van der Waals surface area contributed by atoms with Crippen LogP contribution in [0.4, 0.5) is 0 Å². The van der Waals surface area contributed by atoms with Gasteiger partial charge in [0.25, 0.3) is 5.56 Å². The molecule has 1 fully saturated rings. The number of pyridine rings is 2. The molecule has 0 radical (unpaired) electrons. The van der Waals surface area contributed by atoms with Gasteiger partial charge < -0.3 is 9.64 Å². The third-order valence-corrected chi connectivity index (χ3v) is 7.18. The lowest BCUT2D eigenvalue weighted by Crippen LogP contribution is -2.25. The Morgan fingerprint density at radius 1 is 1.14 bits per heavy atom. The molecule has 1 aliphatic heterocycles. The van der Waals surface area contributed by atoms with Crippen LogP contribution in [0.3, 0.4) is 0 Å². The fraction of sp³-hybridized carbons (Fsp3) is 0.379. The monoisotopic (exact) mass is 504 g/mol. The first-order chi connectivity index (χ1) is 17.4. The highest BCUT2D eigenvalue weighted by molar-refractivity contribution is 6.30. The molecule has 2 aliphatic rings. The fourth-order valence-electron chi connectivity index (χ4n) is 5.24. The third-order valence-electron chi connectivity index (χ3n) is 6.96. The molecule has 0 saturated carbocycles. The normalized spacial score (nSPS) is 17.8. The molecule has 0 unspecified atom stereocenters. The van der Waals surface area contributed by atoms with E-state index in [2.05, 4.69) is 53.2 Å². The van der Waals surface area contributed by atoms with Crippen molar-refractivity contribution in [3.05, 3.63) is 92.6 Å². The molecular formula is C29H33ClN4O2. The Kier molecular flexibility index (Phi) is 7.56. The van der Waals surface area contributed by atoms with Gasteiger partial charge in [-0.3, -0.25) is 19.2 Å². The molecule has 1 saturated heterocycles. The molecule has 7 heteroatoms. The maximum absolute atomic E-state index is 12.8. The van der Waals surface area contributed by atoms with E-state index in [0.29, 0.717) is 10.8 Å². The van der Waals surface area contributed by atoms with Gasteiger partial charge in [-0.1, -0.05) is 29.8 Å². The van der Waals surface area contributed by atoms with Gasteiger partial charge in [0.1, 0.15) is 12.4 Å². The number of fused-ring (bicyclic) bond motifs is 1. The molecule has 0 amide bonds. The van der Waals surface area contributed by atoms with Gasteiger partial charge in [0, 0.05) is 43.8 Å². The highest BCUT2D eigenvalue weighted by atomic mass is 35.5. The number of ether oxygens (including phenoxy) is 1. The van der Waals surface area contributed by atoms with Crippen LogP contribution in [0.2, 0.25) is 5.02 Å². The average Bonchev–Trinajstić information content (AvgIpc) is 3.29. The second-order valence-electron chi connectivity index (χ2n) is 10.1. The van der Waals surface area contributed by atoms with E-state index in [1.54, 1.807) is 23.0 Å². The first-order valence-electron chi connectivity index (χ1n) is 12.6. The Hall–Kier alpha value is -2.93.